The first-order valence-electron chi connectivity index (χ1n) is 5.93. The average molecular weight is 353 g/mol. The fourth-order valence-corrected chi connectivity index (χ4v) is 1.97. The van der Waals surface area contributed by atoms with Crippen LogP contribution in [0.1, 0.15) is 11.4 Å². The molecule has 3 nitrogen and oxygen atoms in total. The smallest absolute Gasteiger partial charge is 0.340 e. The van der Waals surface area contributed by atoms with Crippen molar-refractivity contribution in [3.63, 3.8) is 0 Å². The highest BCUT2D eigenvalue weighted by molar-refractivity contribution is 7.10. The van der Waals surface area contributed by atoms with Crippen LogP contribution in [0.4, 0.5) is 17.6 Å². The molecule has 9 heteroatoms. The molecule has 0 bridgehead atoms. The molecule has 22 heavy (non-hydrogen) atoms. The van der Waals surface area contributed by atoms with Crippen LogP contribution in [0, 0.1) is 0 Å². The lowest BCUT2D eigenvalue weighted by atomic mass is 10.2. The monoisotopic (exact) mass is 352 g/mol. The maximum absolute atomic E-state index is 12.7. The Hall–Kier alpha value is -1.67. The van der Waals surface area contributed by atoms with Crippen LogP contribution in [-0.4, -0.2) is 28.3 Å². The summed E-state index contributed by atoms with van der Waals surface area (Å²) in [5.41, 5.74) is 0.735. The number of hydrogen-bond donors (Lipinski definition) is 0. The molecular formula is C13H9ClF4N2OS. The van der Waals surface area contributed by atoms with Crippen LogP contribution in [0.3, 0.4) is 0 Å². The van der Waals surface area contributed by atoms with Gasteiger partial charge in [0.2, 0.25) is 4.47 Å². The van der Waals surface area contributed by atoms with Gasteiger partial charge in [-0.05, 0) is 46.9 Å². The summed E-state index contributed by atoms with van der Waals surface area (Å²) in [4.78, 5) is 3.92. The first-order valence-corrected chi connectivity index (χ1v) is 7.08. The second kappa shape index (κ2) is 7.06. The molecule has 0 fully saturated rings. The fourth-order valence-electron chi connectivity index (χ4n) is 1.37. The lowest BCUT2D eigenvalue weighted by Crippen LogP contribution is -2.33. The SMILES string of the molecule is FC(F)C(F)(F)COc1ccc(C=Cc2nsc(Cl)n2)cc1. The first kappa shape index (κ1) is 16.7. The Kier molecular flexibility index (Phi) is 5.36. The van der Waals surface area contributed by atoms with E-state index in [0.29, 0.717) is 10.3 Å². The number of rotatable bonds is 6. The number of benzene rings is 1. The summed E-state index contributed by atoms with van der Waals surface area (Å²) in [7, 11) is 0. The van der Waals surface area contributed by atoms with Crippen LogP contribution >= 0.6 is 23.1 Å². The van der Waals surface area contributed by atoms with Gasteiger partial charge in [0.25, 0.3) is 0 Å². The van der Waals surface area contributed by atoms with E-state index in [0.717, 1.165) is 17.1 Å². The summed E-state index contributed by atoms with van der Waals surface area (Å²) in [6.07, 6.45) is -0.439. The molecule has 0 amide bonds. The predicted molar refractivity (Wildman–Crippen MR) is 76.7 cm³/mol. The van der Waals surface area contributed by atoms with Gasteiger partial charge in [-0.3, -0.25) is 0 Å². The number of aromatic nitrogens is 2. The lowest BCUT2D eigenvalue weighted by Gasteiger charge is -2.15. The molecule has 0 saturated heterocycles. The highest BCUT2D eigenvalue weighted by Gasteiger charge is 2.41. The molecule has 0 unspecified atom stereocenters. The Morgan fingerprint density at radius 1 is 1.23 bits per heavy atom. The summed E-state index contributed by atoms with van der Waals surface area (Å²) in [6.45, 7) is -1.37. The van der Waals surface area contributed by atoms with E-state index < -0.39 is 19.0 Å². The lowest BCUT2D eigenvalue weighted by molar-refractivity contribution is -0.148. The van der Waals surface area contributed by atoms with E-state index in [1.54, 1.807) is 24.3 Å². The van der Waals surface area contributed by atoms with Gasteiger partial charge in [-0.1, -0.05) is 18.2 Å². The Balaban J connectivity index is 1.94. The topological polar surface area (TPSA) is 35.0 Å². The zero-order chi connectivity index (χ0) is 16.2. The molecular weight excluding hydrogens is 344 g/mol. The highest BCUT2D eigenvalue weighted by atomic mass is 35.5. The van der Waals surface area contributed by atoms with Gasteiger partial charge >= 0.3 is 12.3 Å². The van der Waals surface area contributed by atoms with Gasteiger partial charge in [-0.2, -0.15) is 13.2 Å². The van der Waals surface area contributed by atoms with Crippen molar-refractivity contribution < 1.29 is 22.3 Å². The number of halogens is 5. The summed E-state index contributed by atoms with van der Waals surface area (Å²) < 4.78 is 58.3. The van der Waals surface area contributed by atoms with E-state index in [1.807, 2.05) is 0 Å². The van der Waals surface area contributed by atoms with Gasteiger partial charge in [0, 0.05) is 0 Å². The van der Waals surface area contributed by atoms with Crippen LogP contribution in [0.5, 0.6) is 5.75 Å². The molecule has 2 rings (SSSR count). The molecule has 0 radical (unpaired) electrons. The van der Waals surface area contributed by atoms with Crippen LogP contribution < -0.4 is 4.74 Å². The van der Waals surface area contributed by atoms with Crippen molar-refractivity contribution in [2.45, 2.75) is 12.3 Å². The van der Waals surface area contributed by atoms with Gasteiger partial charge in [0.15, 0.2) is 12.4 Å². The molecule has 1 aromatic carbocycles. The molecule has 0 aliphatic carbocycles. The van der Waals surface area contributed by atoms with Gasteiger partial charge in [-0.25, -0.2) is 13.8 Å². The van der Waals surface area contributed by atoms with E-state index in [1.165, 1.54) is 12.1 Å². The third-order valence-corrected chi connectivity index (χ3v) is 3.28. The zero-order valence-electron chi connectivity index (χ0n) is 10.8. The van der Waals surface area contributed by atoms with E-state index >= 15 is 0 Å². The predicted octanol–water partition coefficient (Wildman–Crippen LogP) is 4.64. The molecule has 0 saturated carbocycles. The zero-order valence-corrected chi connectivity index (χ0v) is 12.4. The Labute approximate surface area is 132 Å². The summed E-state index contributed by atoms with van der Waals surface area (Å²) in [6, 6.07) is 5.98. The van der Waals surface area contributed by atoms with Gasteiger partial charge in [-0.15, -0.1) is 0 Å². The Bertz CT molecular complexity index is 646. The highest BCUT2D eigenvalue weighted by Crippen LogP contribution is 2.24. The normalized spacial score (nSPS) is 12.3. The van der Waals surface area contributed by atoms with Crippen molar-refractivity contribution >= 4 is 35.3 Å². The van der Waals surface area contributed by atoms with Crippen LogP contribution in [0.2, 0.25) is 4.47 Å². The molecule has 0 aliphatic rings. The number of hydrogen-bond acceptors (Lipinski definition) is 4. The number of alkyl halides is 4. The molecule has 1 aromatic heterocycles. The van der Waals surface area contributed by atoms with Crippen LogP contribution in [-0.2, 0) is 0 Å². The second-order valence-electron chi connectivity index (χ2n) is 4.16. The van der Waals surface area contributed by atoms with Crippen LogP contribution in [0.25, 0.3) is 12.2 Å². The van der Waals surface area contributed by atoms with Crippen molar-refractivity contribution in [2.75, 3.05) is 6.61 Å². The van der Waals surface area contributed by atoms with Crippen LogP contribution in [0.15, 0.2) is 24.3 Å². The van der Waals surface area contributed by atoms with Crippen molar-refractivity contribution in [3.05, 3.63) is 40.1 Å². The summed E-state index contributed by atoms with van der Waals surface area (Å²) in [5.74, 6) is -3.65. The summed E-state index contributed by atoms with van der Waals surface area (Å²) in [5, 5.41) is 0. The maximum Gasteiger partial charge on any atom is 0.340 e. The van der Waals surface area contributed by atoms with Gasteiger partial charge in [0.05, 0.1) is 0 Å². The third-order valence-electron chi connectivity index (χ3n) is 2.47. The van der Waals surface area contributed by atoms with E-state index in [9.17, 15) is 17.6 Å². The van der Waals surface area contributed by atoms with Gasteiger partial charge in [0.1, 0.15) is 5.75 Å². The molecule has 0 spiro atoms. The average Bonchev–Trinajstić information content (AvgIpc) is 2.89. The Morgan fingerprint density at radius 3 is 2.45 bits per heavy atom. The van der Waals surface area contributed by atoms with E-state index in [2.05, 4.69) is 14.1 Å². The molecule has 0 aliphatic heterocycles. The van der Waals surface area contributed by atoms with Crippen molar-refractivity contribution in [1.82, 2.24) is 9.36 Å². The quantitative estimate of drug-likeness (QED) is 0.710. The molecule has 2 aromatic rings. The van der Waals surface area contributed by atoms with E-state index in [4.69, 9.17) is 11.6 Å². The Morgan fingerprint density at radius 2 is 1.91 bits per heavy atom. The minimum atomic E-state index is -4.17. The van der Waals surface area contributed by atoms with E-state index in [-0.39, 0.29) is 5.75 Å². The molecule has 0 atom stereocenters. The minimum Gasteiger partial charge on any atom is -0.487 e. The fraction of sp³-hybridized carbons (Fsp3) is 0.231. The standard InChI is InChI=1S/C13H9ClF4N2OS/c14-12-19-10(20-22-12)6-3-8-1-4-9(5-2-8)21-7-13(17,18)11(15)16/h1-6,11H,7H2. The van der Waals surface area contributed by atoms with Crippen molar-refractivity contribution in [1.29, 1.82) is 0 Å². The molecule has 0 N–H and O–H groups in total. The third kappa shape index (κ3) is 4.67. The second-order valence-corrected chi connectivity index (χ2v) is 5.49. The largest absolute Gasteiger partial charge is 0.487 e. The maximum atomic E-state index is 12.7. The molecule has 1 heterocycles. The number of nitrogens with zero attached hydrogens (tertiary/aromatic N) is 2. The minimum absolute atomic E-state index is 0.0762. The summed E-state index contributed by atoms with van der Waals surface area (Å²) >= 11 is 6.69. The first-order chi connectivity index (χ1) is 10.4. The van der Waals surface area contributed by atoms with Crippen molar-refractivity contribution in [3.8, 4) is 5.75 Å². The van der Waals surface area contributed by atoms with Crippen molar-refractivity contribution in [2.24, 2.45) is 0 Å². The molecule has 118 valence electrons. The van der Waals surface area contributed by atoms with Gasteiger partial charge < -0.3 is 4.74 Å². The number of ether oxygens (including phenoxy) is 1.